The molecule has 0 saturated heterocycles. The number of rotatable bonds is 2. The van der Waals surface area contributed by atoms with Crippen LogP contribution < -0.4 is 0 Å². The van der Waals surface area contributed by atoms with Crippen LogP contribution in [0.25, 0.3) is 11.4 Å². The second-order valence-corrected chi connectivity index (χ2v) is 3.17. The second-order valence-electron chi connectivity index (χ2n) is 3.17. The molecule has 80 valence electrons. The Bertz CT molecular complexity index is 510. The molecular formula is C11H10N4O. The molecule has 0 spiro atoms. The summed E-state index contributed by atoms with van der Waals surface area (Å²) in [5.74, 6) is 0.394. The highest BCUT2D eigenvalue weighted by atomic mass is 16.4. The molecule has 2 heterocycles. The molecule has 2 aromatic heterocycles. The van der Waals surface area contributed by atoms with Crippen LogP contribution in [0.3, 0.4) is 0 Å². The van der Waals surface area contributed by atoms with Crippen molar-refractivity contribution in [2.75, 3.05) is 0 Å². The summed E-state index contributed by atoms with van der Waals surface area (Å²) in [5.41, 5.74) is 1.84. The number of hydrogen-bond donors (Lipinski definition) is 1. The zero-order chi connectivity index (χ0) is 11.4. The predicted octanol–water partition coefficient (Wildman–Crippen LogP) is 1.74. The Kier molecular flexibility index (Phi) is 2.86. The topological polar surface area (TPSA) is 71.3 Å². The second kappa shape index (κ2) is 4.48. The quantitative estimate of drug-likeness (QED) is 0.469. The third kappa shape index (κ3) is 2.03. The molecule has 0 aliphatic rings. The highest BCUT2D eigenvalue weighted by molar-refractivity contribution is 5.95. The minimum absolute atomic E-state index is 0.373. The Morgan fingerprint density at radius 3 is 2.69 bits per heavy atom. The van der Waals surface area contributed by atoms with Gasteiger partial charge in [-0.1, -0.05) is 11.2 Å². The van der Waals surface area contributed by atoms with Gasteiger partial charge in [0, 0.05) is 12.4 Å². The minimum atomic E-state index is 0.373. The van der Waals surface area contributed by atoms with Gasteiger partial charge in [-0.2, -0.15) is 0 Å². The maximum atomic E-state index is 8.64. The molecule has 0 radical (unpaired) electrons. The Labute approximate surface area is 92.5 Å². The predicted molar refractivity (Wildman–Crippen MR) is 59.3 cm³/mol. The molecule has 0 aromatic carbocycles. The zero-order valence-corrected chi connectivity index (χ0v) is 8.70. The number of hydrogen-bond acceptors (Lipinski definition) is 5. The van der Waals surface area contributed by atoms with Gasteiger partial charge in [-0.3, -0.25) is 4.98 Å². The van der Waals surface area contributed by atoms with Crippen molar-refractivity contribution in [3.05, 3.63) is 42.5 Å². The molecule has 0 aliphatic carbocycles. The van der Waals surface area contributed by atoms with E-state index in [1.807, 2.05) is 18.2 Å². The normalized spacial score (nSPS) is 11.4. The highest BCUT2D eigenvalue weighted by Crippen LogP contribution is 2.12. The molecule has 16 heavy (non-hydrogen) atoms. The first-order valence-corrected chi connectivity index (χ1v) is 4.75. The van der Waals surface area contributed by atoms with Crippen LogP contribution in [-0.4, -0.2) is 25.9 Å². The van der Waals surface area contributed by atoms with Gasteiger partial charge in [-0.25, -0.2) is 9.97 Å². The van der Waals surface area contributed by atoms with Crippen LogP contribution in [0.4, 0.5) is 0 Å². The summed E-state index contributed by atoms with van der Waals surface area (Å²) in [5, 5.41) is 11.7. The van der Waals surface area contributed by atoms with Gasteiger partial charge in [0.15, 0.2) is 5.82 Å². The van der Waals surface area contributed by atoms with Crippen molar-refractivity contribution in [3.8, 4) is 11.4 Å². The van der Waals surface area contributed by atoms with Gasteiger partial charge in [-0.05, 0) is 25.1 Å². The lowest BCUT2D eigenvalue weighted by Gasteiger charge is -2.01. The standard InChI is InChI=1S/C11H10N4O/c1-8(15-16)11-13-7-5-10(14-11)9-4-2-3-6-12-9/h2-7,16H,1H3. The van der Waals surface area contributed by atoms with E-state index in [-0.39, 0.29) is 0 Å². The molecule has 5 nitrogen and oxygen atoms in total. The zero-order valence-electron chi connectivity index (χ0n) is 8.70. The molecule has 0 saturated carbocycles. The Morgan fingerprint density at radius 2 is 2.00 bits per heavy atom. The molecule has 0 aliphatic heterocycles. The average molecular weight is 214 g/mol. The van der Waals surface area contributed by atoms with Crippen LogP contribution in [0.2, 0.25) is 0 Å². The van der Waals surface area contributed by atoms with Gasteiger partial charge in [-0.15, -0.1) is 0 Å². The van der Waals surface area contributed by atoms with Gasteiger partial charge >= 0.3 is 0 Å². The molecule has 2 rings (SSSR count). The van der Waals surface area contributed by atoms with E-state index >= 15 is 0 Å². The summed E-state index contributed by atoms with van der Waals surface area (Å²) in [6.45, 7) is 1.64. The summed E-state index contributed by atoms with van der Waals surface area (Å²) >= 11 is 0. The monoisotopic (exact) mass is 214 g/mol. The maximum Gasteiger partial charge on any atom is 0.177 e. The van der Waals surface area contributed by atoms with Crippen LogP contribution in [0, 0.1) is 0 Å². The van der Waals surface area contributed by atoms with E-state index in [9.17, 15) is 0 Å². The SMILES string of the molecule is CC(=NO)c1nccc(-c2ccccn2)n1. The first-order valence-electron chi connectivity index (χ1n) is 4.75. The van der Waals surface area contributed by atoms with Crippen LogP contribution in [-0.2, 0) is 0 Å². The van der Waals surface area contributed by atoms with E-state index in [1.165, 1.54) is 0 Å². The molecule has 5 heteroatoms. The van der Waals surface area contributed by atoms with Crippen molar-refractivity contribution in [2.45, 2.75) is 6.92 Å². The van der Waals surface area contributed by atoms with E-state index in [0.29, 0.717) is 17.2 Å². The van der Waals surface area contributed by atoms with Gasteiger partial charge < -0.3 is 5.21 Å². The highest BCUT2D eigenvalue weighted by Gasteiger charge is 2.05. The van der Waals surface area contributed by atoms with Crippen molar-refractivity contribution >= 4 is 5.71 Å². The fourth-order valence-corrected chi connectivity index (χ4v) is 1.23. The van der Waals surface area contributed by atoms with Crippen LogP contribution in [0.5, 0.6) is 0 Å². The van der Waals surface area contributed by atoms with Crippen LogP contribution in [0.1, 0.15) is 12.7 Å². The lowest BCUT2D eigenvalue weighted by atomic mass is 10.2. The number of nitrogens with zero attached hydrogens (tertiary/aromatic N) is 4. The summed E-state index contributed by atoms with van der Waals surface area (Å²) in [4.78, 5) is 12.4. The third-order valence-electron chi connectivity index (χ3n) is 2.06. The smallest absolute Gasteiger partial charge is 0.177 e. The van der Waals surface area contributed by atoms with Gasteiger partial charge in [0.2, 0.25) is 0 Å². The number of aromatic nitrogens is 3. The Hall–Kier alpha value is -2.30. The fourth-order valence-electron chi connectivity index (χ4n) is 1.23. The maximum absolute atomic E-state index is 8.64. The van der Waals surface area contributed by atoms with Crippen LogP contribution in [0.15, 0.2) is 41.8 Å². The molecule has 1 N–H and O–H groups in total. The first kappa shape index (κ1) is 10.2. The van der Waals surface area contributed by atoms with Crippen molar-refractivity contribution in [1.29, 1.82) is 0 Å². The molecule has 0 unspecified atom stereocenters. The Balaban J connectivity index is 2.44. The molecule has 0 atom stereocenters. The van der Waals surface area contributed by atoms with E-state index in [4.69, 9.17) is 5.21 Å². The number of pyridine rings is 1. The summed E-state index contributed by atoms with van der Waals surface area (Å²) in [6, 6.07) is 7.34. The summed E-state index contributed by atoms with van der Waals surface area (Å²) < 4.78 is 0. The van der Waals surface area contributed by atoms with Crippen LogP contribution >= 0.6 is 0 Å². The summed E-state index contributed by atoms with van der Waals surface area (Å²) in [6.07, 6.45) is 3.31. The molecular weight excluding hydrogens is 204 g/mol. The fraction of sp³-hybridized carbons (Fsp3) is 0.0909. The van der Waals surface area contributed by atoms with Crippen molar-refractivity contribution < 1.29 is 5.21 Å². The molecule has 0 bridgehead atoms. The average Bonchev–Trinajstić information content (AvgIpc) is 2.39. The first-order chi connectivity index (χ1) is 7.81. The van der Waals surface area contributed by atoms with E-state index < -0.39 is 0 Å². The van der Waals surface area contributed by atoms with Crippen molar-refractivity contribution in [1.82, 2.24) is 15.0 Å². The summed E-state index contributed by atoms with van der Waals surface area (Å²) in [7, 11) is 0. The minimum Gasteiger partial charge on any atom is -0.411 e. The van der Waals surface area contributed by atoms with Crippen molar-refractivity contribution in [3.63, 3.8) is 0 Å². The molecule has 2 aromatic rings. The third-order valence-corrected chi connectivity index (χ3v) is 2.06. The number of oxime groups is 1. The van der Waals surface area contributed by atoms with Gasteiger partial charge in [0.25, 0.3) is 0 Å². The van der Waals surface area contributed by atoms with Gasteiger partial charge in [0.1, 0.15) is 5.71 Å². The molecule has 0 fully saturated rings. The van der Waals surface area contributed by atoms with Gasteiger partial charge in [0.05, 0.1) is 11.4 Å². The van der Waals surface area contributed by atoms with E-state index in [0.717, 1.165) is 5.69 Å². The largest absolute Gasteiger partial charge is 0.411 e. The Morgan fingerprint density at radius 1 is 1.12 bits per heavy atom. The van der Waals surface area contributed by atoms with E-state index in [2.05, 4.69) is 20.1 Å². The lowest BCUT2D eigenvalue weighted by Crippen LogP contribution is -2.03. The molecule has 0 amide bonds. The lowest BCUT2D eigenvalue weighted by molar-refractivity contribution is 0.318. The van der Waals surface area contributed by atoms with E-state index in [1.54, 1.807) is 25.4 Å². The van der Waals surface area contributed by atoms with Crippen molar-refractivity contribution in [2.24, 2.45) is 5.16 Å².